The molecule has 1 saturated heterocycles. The van der Waals surface area contributed by atoms with Crippen LogP contribution in [-0.4, -0.2) is 39.8 Å². The Balaban J connectivity index is 1.73. The molecule has 1 aliphatic heterocycles. The number of methoxy groups -OCH3 is 3. The quantitative estimate of drug-likeness (QED) is 0.579. The summed E-state index contributed by atoms with van der Waals surface area (Å²) < 4.78 is 17.2. The van der Waals surface area contributed by atoms with Crippen molar-refractivity contribution >= 4 is 11.6 Å². The zero-order chi connectivity index (χ0) is 27.4. The van der Waals surface area contributed by atoms with E-state index in [4.69, 9.17) is 14.2 Å². The minimum absolute atomic E-state index is 0.0153. The maximum atomic E-state index is 13.9. The van der Waals surface area contributed by atoms with E-state index >= 15 is 0 Å². The van der Waals surface area contributed by atoms with E-state index < -0.39 is 0 Å². The molecule has 3 aliphatic rings. The summed E-state index contributed by atoms with van der Waals surface area (Å²) in [6, 6.07) is 7.78. The minimum atomic E-state index is -0.307. The molecule has 2 aromatic carbocycles. The Bertz CT molecular complexity index is 1340. The van der Waals surface area contributed by atoms with Gasteiger partial charge in [0.1, 0.15) is 0 Å². The Morgan fingerprint density at radius 1 is 1.03 bits per heavy atom. The zero-order valence-corrected chi connectivity index (χ0v) is 23.7. The molecule has 7 heteroatoms. The van der Waals surface area contributed by atoms with Crippen molar-refractivity contribution < 1.29 is 19.0 Å². The minimum Gasteiger partial charge on any atom is -0.493 e. The number of hydrogen-bond donors (Lipinski definition) is 1. The third-order valence-corrected chi connectivity index (χ3v) is 8.62. The Kier molecular flexibility index (Phi) is 6.60. The molecular formula is C31H40N2O5. The third-order valence-electron chi connectivity index (χ3n) is 8.62. The number of anilines is 1. The highest BCUT2D eigenvalue weighted by atomic mass is 16.5. The van der Waals surface area contributed by atoms with Gasteiger partial charge in [0.05, 0.1) is 33.1 Å². The molecule has 2 fully saturated rings. The molecule has 1 heterocycles. The number of amides is 1. The lowest BCUT2D eigenvalue weighted by atomic mass is 9.65. The molecule has 2 bridgehead atoms. The molecule has 7 nitrogen and oxygen atoms in total. The van der Waals surface area contributed by atoms with Crippen molar-refractivity contribution in [1.82, 2.24) is 5.32 Å². The number of benzene rings is 1. The predicted molar refractivity (Wildman–Crippen MR) is 150 cm³/mol. The van der Waals surface area contributed by atoms with Gasteiger partial charge in [0.15, 0.2) is 11.5 Å². The molecule has 0 aromatic heterocycles. The van der Waals surface area contributed by atoms with Crippen LogP contribution < -0.4 is 29.9 Å². The fraction of sp³-hybridized carbons (Fsp3) is 0.548. The maximum absolute atomic E-state index is 13.9. The molecule has 0 spiro atoms. The van der Waals surface area contributed by atoms with Crippen LogP contribution in [0, 0.1) is 10.8 Å². The van der Waals surface area contributed by atoms with E-state index in [9.17, 15) is 9.59 Å². The van der Waals surface area contributed by atoms with Crippen molar-refractivity contribution in [2.24, 2.45) is 10.8 Å². The van der Waals surface area contributed by atoms with Crippen LogP contribution in [0.1, 0.15) is 70.5 Å². The van der Waals surface area contributed by atoms with Gasteiger partial charge < -0.3 is 24.4 Å². The lowest BCUT2D eigenvalue weighted by Gasteiger charge is -2.39. The number of fused-ring (bicyclic) bond motifs is 5. The lowest BCUT2D eigenvalue weighted by Crippen LogP contribution is -2.36. The second-order valence-electron chi connectivity index (χ2n) is 12.4. The van der Waals surface area contributed by atoms with Crippen molar-refractivity contribution in [2.75, 3.05) is 32.8 Å². The molecule has 3 atom stereocenters. The van der Waals surface area contributed by atoms with Gasteiger partial charge in [-0.1, -0.05) is 26.8 Å². The van der Waals surface area contributed by atoms with Gasteiger partial charge in [0, 0.05) is 25.1 Å². The van der Waals surface area contributed by atoms with Crippen molar-refractivity contribution in [3.05, 3.63) is 45.6 Å². The molecule has 38 heavy (non-hydrogen) atoms. The van der Waals surface area contributed by atoms with E-state index in [0.717, 1.165) is 53.7 Å². The fourth-order valence-electron chi connectivity index (χ4n) is 7.68. The number of rotatable bonds is 5. The first-order valence-corrected chi connectivity index (χ1v) is 13.5. The monoisotopic (exact) mass is 520 g/mol. The second-order valence-corrected chi connectivity index (χ2v) is 12.4. The summed E-state index contributed by atoms with van der Waals surface area (Å²) in [7, 11) is 4.82. The van der Waals surface area contributed by atoms with E-state index in [1.165, 1.54) is 6.92 Å². The molecule has 1 saturated carbocycles. The molecule has 5 rings (SSSR count). The number of hydrogen-bond acceptors (Lipinski definition) is 6. The zero-order valence-electron chi connectivity index (χ0n) is 23.7. The lowest BCUT2D eigenvalue weighted by molar-refractivity contribution is -0.119. The van der Waals surface area contributed by atoms with Gasteiger partial charge in [-0.3, -0.25) is 9.59 Å². The van der Waals surface area contributed by atoms with Crippen LogP contribution >= 0.6 is 0 Å². The van der Waals surface area contributed by atoms with Gasteiger partial charge in [-0.15, -0.1) is 0 Å². The van der Waals surface area contributed by atoms with Gasteiger partial charge in [-0.2, -0.15) is 0 Å². The molecule has 1 N–H and O–H groups in total. The fourth-order valence-corrected chi connectivity index (χ4v) is 7.68. The first-order valence-electron chi connectivity index (χ1n) is 13.5. The van der Waals surface area contributed by atoms with Crippen LogP contribution in [0.3, 0.4) is 0 Å². The summed E-state index contributed by atoms with van der Waals surface area (Å²) >= 11 is 0. The summed E-state index contributed by atoms with van der Waals surface area (Å²) in [5.41, 5.74) is 4.74. The summed E-state index contributed by atoms with van der Waals surface area (Å²) in [5, 5.41) is 3.10. The number of carbonyl (C=O) groups excluding carboxylic acids is 1. The molecule has 1 amide bonds. The van der Waals surface area contributed by atoms with E-state index in [1.54, 1.807) is 27.4 Å². The van der Waals surface area contributed by atoms with Gasteiger partial charge >= 0.3 is 0 Å². The van der Waals surface area contributed by atoms with Gasteiger partial charge in [-0.25, -0.2) is 0 Å². The maximum Gasteiger partial charge on any atom is 0.217 e. The van der Waals surface area contributed by atoms with Gasteiger partial charge in [0.2, 0.25) is 17.1 Å². The first kappa shape index (κ1) is 26.4. The normalized spacial score (nSPS) is 25.1. The topological polar surface area (TPSA) is 77.1 Å². The highest BCUT2D eigenvalue weighted by Gasteiger charge is 2.50. The number of ether oxygens (including phenoxy) is 3. The largest absolute Gasteiger partial charge is 0.493 e. The van der Waals surface area contributed by atoms with E-state index in [1.807, 2.05) is 18.2 Å². The second kappa shape index (κ2) is 9.51. The predicted octanol–water partition coefficient (Wildman–Crippen LogP) is 5.27. The van der Waals surface area contributed by atoms with Crippen LogP contribution in [0.2, 0.25) is 0 Å². The number of nitrogens with zero attached hydrogens (tertiary/aromatic N) is 1. The molecule has 0 radical (unpaired) electrons. The van der Waals surface area contributed by atoms with Crippen molar-refractivity contribution in [1.29, 1.82) is 0 Å². The van der Waals surface area contributed by atoms with Crippen molar-refractivity contribution in [2.45, 2.75) is 71.9 Å². The third kappa shape index (κ3) is 4.50. The SMILES string of the molecule is COc1cc2c(c(OC)c1OC)-c1ccc(N3CC4(C)CC3CC(C)(C)C4)c(=O)cc1[C@@H](NC(C)=O)CC2. The van der Waals surface area contributed by atoms with Gasteiger partial charge in [-0.05, 0) is 77.8 Å². The summed E-state index contributed by atoms with van der Waals surface area (Å²) in [6.45, 7) is 9.44. The average Bonchev–Trinajstić information content (AvgIpc) is 2.94. The summed E-state index contributed by atoms with van der Waals surface area (Å²) in [4.78, 5) is 28.5. The molecule has 2 unspecified atom stereocenters. The highest BCUT2D eigenvalue weighted by molar-refractivity contribution is 5.84. The Morgan fingerprint density at radius 3 is 2.42 bits per heavy atom. The summed E-state index contributed by atoms with van der Waals surface area (Å²) in [6.07, 6.45) is 4.67. The van der Waals surface area contributed by atoms with E-state index in [0.29, 0.717) is 36.1 Å². The first-order chi connectivity index (χ1) is 18.0. The van der Waals surface area contributed by atoms with Gasteiger partial charge in [0.25, 0.3) is 0 Å². The van der Waals surface area contributed by atoms with E-state index in [-0.39, 0.29) is 28.2 Å². The smallest absolute Gasteiger partial charge is 0.217 e. The van der Waals surface area contributed by atoms with Crippen LogP contribution in [0.15, 0.2) is 29.1 Å². The van der Waals surface area contributed by atoms with Crippen LogP contribution in [0.5, 0.6) is 17.2 Å². The van der Waals surface area contributed by atoms with Crippen LogP contribution in [0.25, 0.3) is 11.1 Å². The molecular weight excluding hydrogens is 480 g/mol. The van der Waals surface area contributed by atoms with Crippen molar-refractivity contribution in [3.63, 3.8) is 0 Å². The summed E-state index contributed by atoms with van der Waals surface area (Å²) in [5.74, 6) is 1.54. The van der Waals surface area contributed by atoms with Crippen LogP contribution in [-0.2, 0) is 11.2 Å². The number of carbonyl (C=O) groups is 1. The van der Waals surface area contributed by atoms with E-state index in [2.05, 4.69) is 31.0 Å². The van der Waals surface area contributed by atoms with Crippen molar-refractivity contribution in [3.8, 4) is 28.4 Å². The Morgan fingerprint density at radius 2 is 1.76 bits per heavy atom. The Hall–Kier alpha value is -3.22. The number of nitrogens with one attached hydrogen (secondary N) is 1. The number of aryl methyl sites for hydroxylation is 1. The Labute approximate surface area is 225 Å². The average molecular weight is 521 g/mol. The highest BCUT2D eigenvalue weighted by Crippen LogP contribution is 2.54. The van der Waals surface area contributed by atoms with Crippen LogP contribution in [0.4, 0.5) is 5.69 Å². The molecule has 204 valence electrons. The molecule has 2 aliphatic carbocycles. The molecule has 2 aromatic rings. The standard InChI is InChI=1S/C31H40N2O5/c1-18(34)32-23-10-8-19-12-26(36-5)28(37-6)29(38-7)27(19)21-9-11-24(25(35)13-22(21)23)33-17-31(4)15-20(33)14-30(2,3)16-31/h9,11-13,20,23H,8,10,14-17H2,1-7H3,(H,32,34)/t20?,23-,31?/m0/s1.